The Hall–Kier alpha value is -2.74. The third-order valence-corrected chi connectivity index (χ3v) is 3.37. The van der Waals surface area contributed by atoms with Crippen molar-refractivity contribution < 1.29 is 14.3 Å². The normalized spacial score (nSPS) is 10.8. The van der Waals surface area contributed by atoms with E-state index in [2.05, 4.69) is 20.0 Å². The van der Waals surface area contributed by atoms with Crippen molar-refractivity contribution in [2.24, 2.45) is 0 Å². The van der Waals surface area contributed by atoms with Gasteiger partial charge in [-0.2, -0.15) is 0 Å². The molecule has 0 aliphatic carbocycles. The summed E-state index contributed by atoms with van der Waals surface area (Å²) in [5.41, 5.74) is 0.380. The molecule has 2 amide bonds. The second-order valence-electron chi connectivity index (χ2n) is 5.10. The maximum Gasteiger partial charge on any atom is 0.413 e. The van der Waals surface area contributed by atoms with E-state index in [0.717, 1.165) is 0 Å². The third kappa shape index (κ3) is 4.63. The molecule has 1 aromatic carbocycles. The fourth-order valence-corrected chi connectivity index (χ4v) is 2.22. The Morgan fingerprint density at radius 1 is 1.29 bits per heavy atom. The van der Waals surface area contributed by atoms with Gasteiger partial charge in [0.2, 0.25) is 5.91 Å². The van der Waals surface area contributed by atoms with E-state index < -0.39 is 12.0 Å². The van der Waals surface area contributed by atoms with Crippen molar-refractivity contribution in [3.63, 3.8) is 0 Å². The molecule has 8 nitrogen and oxygen atoms in total. The van der Waals surface area contributed by atoms with Crippen molar-refractivity contribution in [3.05, 3.63) is 40.4 Å². The lowest BCUT2D eigenvalue weighted by molar-refractivity contribution is -0.121. The summed E-state index contributed by atoms with van der Waals surface area (Å²) in [5.74, 6) is -0.0112. The number of rotatable bonds is 6. The van der Waals surface area contributed by atoms with Crippen LogP contribution >= 0.6 is 0 Å². The number of benzene rings is 1. The minimum Gasteiger partial charge on any atom is -0.450 e. The molecular weight excluding hydrogens is 312 g/mol. The fraction of sp³-hybridized carbons (Fsp3) is 0.375. The molecule has 1 aromatic heterocycles. The monoisotopic (exact) mass is 332 g/mol. The predicted octanol–water partition coefficient (Wildman–Crippen LogP) is 1.02. The van der Waals surface area contributed by atoms with Crippen LogP contribution in [0.2, 0.25) is 0 Å². The molecule has 0 radical (unpaired) electrons. The van der Waals surface area contributed by atoms with Crippen LogP contribution in [-0.4, -0.2) is 46.6 Å². The second kappa shape index (κ2) is 8.21. The number of aromatic amines is 1. The van der Waals surface area contributed by atoms with E-state index in [9.17, 15) is 14.4 Å². The summed E-state index contributed by atoms with van der Waals surface area (Å²) in [6.07, 6.45) is -0.768. The van der Waals surface area contributed by atoms with Gasteiger partial charge >= 0.3 is 6.09 Å². The highest BCUT2D eigenvalue weighted by atomic mass is 16.5. The van der Waals surface area contributed by atoms with Gasteiger partial charge in [-0.1, -0.05) is 19.1 Å². The van der Waals surface area contributed by atoms with Gasteiger partial charge in [-0.3, -0.25) is 19.8 Å². The number of ether oxygens (including phenoxy) is 1. The average molecular weight is 332 g/mol. The first-order chi connectivity index (χ1) is 11.5. The molecule has 2 rings (SSSR count). The molecule has 2 aromatic rings. The molecule has 0 spiro atoms. The number of fused-ring (bicyclic) bond motifs is 1. The van der Waals surface area contributed by atoms with Gasteiger partial charge in [-0.25, -0.2) is 9.78 Å². The summed E-state index contributed by atoms with van der Waals surface area (Å²) in [4.78, 5) is 44.0. The molecule has 0 aliphatic rings. The predicted molar refractivity (Wildman–Crippen MR) is 88.5 cm³/mol. The van der Waals surface area contributed by atoms with Gasteiger partial charge < -0.3 is 9.72 Å². The van der Waals surface area contributed by atoms with Gasteiger partial charge in [0.25, 0.3) is 5.56 Å². The number of likely N-dealkylation sites (N-methyl/N-ethyl adjacent to an activating group) is 1. The topological polar surface area (TPSA) is 104 Å². The van der Waals surface area contributed by atoms with Gasteiger partial charge in [0.05, 0.1) is 30.6 Å². The maximum atomic E-state index is 12.1. The van der Waals surface area contributed by atoms with Gasteiger partial charge in [0, 0.05) is 0 Å². The number of H-pyrrole nitrogens is 1. The Morgan fingerprint density at radius 3 is 2.75 bits per heavy atom. The van der Waals surface area contributed by atoms with E-state index in [1.165, 1.54) is 0 Å². The second-order valence-corrected chi connectivity index (χ2v) is 5.10. The molecule has 0 saturated heterocycles. The Bertz CT molecular complexity index is 787. The van der Waals surface area contributed by atoms with E-state index in [1.807, 2.05) is 13.0 Å². The average Bonchev–Trinajstić information content (AvgIpc) is 2.54. The number of nitrogens with zero attached hydrogens (tertiary/aromatic N) is 2. The molecule has 0 fully saturated rings. The Labute approximate surface area is 138 Å². The highest BCUT2D eigenvalue weighted by Gasteiger charge is 2.14. The number of alkyl carbamates (subject to hydrolysis) is 1. The van der Waals surface area contributed by atoms with Crippen LogP contribution in [0, 0.1) is 0 Å². The van der Waals surface area contributed by atoms with Crippen molar-refractivity contribution in [1.82, 2.24) is 20.2 Å². The number of hydrogen-bond acceptors (Lipinski definition) is 6. The summed E-state index contributed by atoms with van der Waals surface area (Å²) in [6, 6.07) is 7.05. The lowest BCUT2D eigenvalue weighted by Gasteiger charge is -2.18. The van der Waals surface area contributed by atoms with Crippen molar-refractivity contribution in [3.8, 4) is 0 Å². The molecule has 8 heteroatoms. The van der Waals surface area contributed by atoms with Gasteiger partial charge in [0.15, 0.2) is 0 Å². The van der Waals surface area contributed by atoms with E-state index in [-0.39, 0.29) is 25.3 Å². The number of carbonyl (C=O) groups is 2. The number of para-hydroxylation sites is 1. The lowest BCUT2D eigenvalue weighted by Crippen LogP contribution is -2.40. The largest absolute Gasteiger partial charge is 0.450 e. The zero-order valence-corrected chi connectivity index (χ0v) is 13.7. The fourth-order valence-electron chi connectivity index (χ4n) is 2.22. The van der Waals surface area contributed by atoms with Gasteiger partial charge in [0.1, 0.15) is 5.82 Å². The summed E-state index contributed by atoms with van der Waals surface area (Å²) >= 11 is 0. The minimum atomic E-state index is -0.768. The van der Waals surface area contributed by atoms with Crippen molar-refractivity contribution in [2.45, 2.75) is 20.4 Å². The molecule has 1 heterocycles. The SMILES string of the molecule is CCOC(=O)NC(=O)CN(CC)Cc1nc2ccccc2c(=O)[nH]1. The number of nitrogens with one attached hydrogen (secondary N) is 2. The molecule has 2 N–H and O–H groups in total. The Balaban J connectivity index is 2.06. The van der Waals surface area contributed by atoms with E-state index in [4.69, 9.17) is 0 Å². The zero-order valence-electron chi connectivity index (χ0n) is 13.7. The smallest absolute Gasteiger partial charge is 0.413 e. The summed E-state index contributed by atoms with van der Waals surface area (Å²) in [5, 5.41) is 2.66. The van der Waals surface area contributed by atoms with Crippen LogP contribution in [-0.2, 0) is 16.1 Å². The van der Waals surface area contributed by atoms with Crippen LogP contribution in [0.3, 0.4) is 0 Å². The summed E-state index contributed by atoms with van der Waals surface area (Å²) < 4.78 is 4.66. The first kappa shape index (κ1) is 17.6. The first-order valence-electron chi connectivity index (χ1n) is 7.70. The number of aromatic nitrogens is 2. The van der Waals surface area contributed by atoms with Crippen molar-refractivity contribution >= 4 is 22.9 Å². The van der Waals surface area contributed by atoms with Gasteiger partial charge in [-0.05, 0) is 25.6 Å². The third-order valence-electron chi connectivity index (χ3n) is 3.37. The quantitative estimate of drug-likeness (QED) is 0.818. The number of imide groups is 1. The molecule has 0 bridgehead atoms. The van der Waals surface area contributed by atoms with Crippen LogP contribution in [0.4, 0.5) is 4.79 Å². The molecule has 0 unspecified atom stereocenters. The number of carbonyl (C=O) groups excluding carboxylic acids is 2. The number of hydrogen-bond donors (Lipinski definition) is 2. The molecule has 0 saturated carbocycles. The highest BCUT2D eigenvalue weighted by Crippen LogP contribution is 2.07. The molecule has 0 atom stereocenters. The van der Waals surface area contributed by atoms with Gasteiger partial charge in [-0.15, -0.1) is 0 Å². The molecule has 0 aliphatic heterocycles. The first-order valence-corrected chi connectivity index (χ1v) is 7.70. The van der Waals surface area contributed by atoms with Crippen LogP contribution in [0.25, 0.3) is 10.9 Å². The van der Waals surface area contributed by atoms with Crippen molar-refractivity contribution in [1.29, 1.82) is 0 Å². The van der Waals surface area contributed by atoms with E-state index in [0.29, 0.717) is 23.3 Å². The van der Waals surface area contributed by atoms with Crippen LogP contribution in [0.15, 0.2) is 29.1 Å². The minimum absolute atomic E-state index is 0.00808. The Morgan fingerprint density at radius 2 is 2.04 bits per heavy atom. The maximum absolute atomic E-state index is 12.1. The lowest BCUT2D eigenvalue weighted by atomic mass is 10.2. The Kier molecular flexibility index (Phi) is 6.02. The molecule has 128 valence electrons. The summed E-state index contributed by atoms with van der Waals surface area (Å²) in [6.45, 7) is 4.55. The standard InChI is InChI=1S/C16H20N4O4/c1-3-20(10-14(21)19-16(23)24-4-2)9-13-17-12-8-6-5-7-11(12)15(22)18-13/h5-8H,3-4,9-10H2,1-2H3,(H,17,18,22)(H,19,21,23). The van der Waals surface area contributed by atoms with Crippen molar-refractivity contribution in [2.75, 3.05) is 19.7 Å². The molecular formula is C16H20N4O4. The summed E-state index contributed by atoms with van der Waals surface area (Å²) in [7, 11) is 0. The number of amides is 2. The molecule has 24 heavy (non-hydrogen) atoms. The zero-order chi connectivity index (χ0) is 17.5. The van der Waals surface area contributed by atoms with E-state index >= 15 is 0 Å². The van der Waals surface area contributed by atoms with E-state index in [1.54, 1.807) is 30.0 Å². The van der Waals surface area contributed by atoms with Crippen LogP contribution in [0.5, 0.6) is 0 Å². The van der Waals surface area contributed by atoms with Crippen LogP contribution in [0.1, 0.15) is 19.7 Å². The van der Waals surface area contributed by atoms with Crippen LogP contribution < -0.4 is 10.9 Å². The highest BCUT2D eigenvalue weighted by molar-refractivity contribution is 5.92.